The molecular formula is C134H88N6O3S2. The Labute approximate surface area is 845 Å². The molecule has 0 spiro atoms. The number of anilines is 18. The average molecular weight is 1890 g/mol. The van der Waals surface area contributed by atoms with Crippen LogP contribution in [0.3, 0.4) is 0 Å². The number of hydrogen-bond acceptors (Lipinski definition) is 11. The summed E-state index contributed by atoms with van der Waals surface area (Å²) < 4.78 is 24.7. The van der Waals surface area contributed by atoms with E-state index in [0.29, 0.717) is 0 Å². The Morgan fingerprint density at radius 2 is 0.428 bits per heavy atom. The van der Waals surface area contributed by atoms with Gasteiger partial charge in [-0.25, -0.2) is 0 Å². The molecule has 0 atom stereocenters. The van der Waals surface area contributed by atoms with Gasteiger partial charge in [0.2, 0.25) is 0 Å². The first-order chi connectivity index (χ1) is 71.9. The maximum absolute atomic E-state index is 6.81. The van der Waals surface area contributed by atoms with Gasteiger partial charge in [0.1, 0.15) is 22.3 Å². The molecule has 0 aliphatic heterocycles. The number of para-hydroxylation sites is 9. The number of benzene rings is 23. The van der Waals surface area contributed by atoms with E-state index in [-0.39, 0.29) is 0 Å². The van der Waals surface area contributed by atoms with Crippen LogP contribution in [0.15, 0.2) is 547 Å². The predicted molar refractivity (Wildman–Crippen MR) is 614 cm³/mol. The third-order valence-electron chi connectivity index (χ3n) is 28.0. The van der Waals surface area contributed by atoms with Crippen molar-refractivity contribution < 1.29 is 13.3 Å². The number of hydrogen-bond donors (Lipinski definition) is 0. The van der Waals surface area contributed by atoms with Gasteiger partial charge in [-0.05, 0) is 263 Å². The van der Waals surface area contributed by atoms with Gasteiger partial charge >= 0.3 is 0 Å². The molecule has 0 bridgehead atoms. The van der Waals surface area contributed by atoms with Crippen molar-refractivity contribution in [2.45, 2.75) is 0 Å². The second kappa shape index (κ2) is 36.5. The second-order valence-corrected chi connectivity index (χ2v) is 38.8. The topological polar surface area (TPSA) is 58.9 Å². The van der Waals surface area contributed by atoms with E-state index in [4.69, 9.17) is 13.3 Å². The summed E-state index contributed by atoms with van der Waals surface area (Å²) in [6.45, 7) is 0. The van der Waals surface area contributed by atoms with Crippen molar-refractivity contribution in [3.8, 4) is 22.3 Å². The van der Waals surface area contributed by atoms with Crippen molar-refractivity contribution >= 4 is 253 Å². The third kappa shape index (κ3) is 15.6. The molecule has 11 heteroatoms. The van der Waals surface area contributed by atoms with Crippen LogP contribution in [0.25, 0.3) is 150 Å². The molecule has 145 heavy (non-hydrogen) atoms. The highest BCUT2D eigenvalue weighted by molar-refractivity contribution is 7.26. The van der Waals surface area contributed by atoms with Gasteiger partial charge < -0.3 is 42.7 Å². The van der Waals surface area contributed by atoms with Crippen LogP contribution in [-0.2, 0) is 0 Å². The zero-order valence-electron chi connectivity index (χ0n) is 78.5. The molecule has 0 N–H and O–H groups in total. The summed E-state index contributed by atoms with van der Waals surface area (Å²) in [5, 5.41) is 16.3. The average Bonchev–Trinajstić information content (AvgIpc) is 1.85. The molecule has 684 valence electrons. The van der Waals surface area contributed by atoms with Gasteiger partial charge in [0, 0.05) is 163 Å². The molecule has 5 heterocycles. The summed E-state index contributed by atoms with van der Waals surface area (Å²) in [5.41, 5.74) is 28.9. The number of thiophene rings is 2. The lowest BCUT2D eigenvalue weighted by atomic mass is 9.98. The standard InChI is InChI=1S/C70H47N3OS.C64H41N3O2S/c1-4-16-48(17-5-1)49-30-34-54(35-31-49)72(53-22-8-3-9-23-53)59-40-43-69-66(46-59)64-41-38-60(47-70(64)75-69)73(58-39-42-68-65(45-58)63-27-12-13-29-67(63)74-68)57-25-15-24-56(44-57)71(52-20-6-2-7-21-52)55-36-32-51(33-37-55)62-28-14-19-50-18-10-11-26-61(50)62;1-3-19-43(20-4-1)65(56-30-13-18-42-17-7-8-25-49(42)56)47-36-38-61-55(40-47)52-37-35-48(41-62(52)70-61)67(58-32-16-29-54-51-27-10-12-34-60(51)69-64(54)58)46-24-14-23-45(39-46)66(44-21-5-2-6-22-44)57-31-15-28-53-50-26-9-11-33-59(50)68-63(53)57/h1-47H;1-41H. The predicted octanol–water partition coefficient (Wildman–Crippen LogP) is 40.3. The lowest BCUT2D eigenvalue weighted by Crippen LogP contribution is -2.13. The molecule has 0 aliphatic rings. The highest BCUT2D eigenvalue weighted by Crippen LogP contribution is 2.53. The fourth-order valence-electron chi connectivity index (χ4n) is 21.3. The summed E-state index contributed by atoms with van der Waals surface area (Å²) in [6.07, 6.45) is 0. The van der Waals surface area contributed by atoms with Crippen LogP contribution < -0.4 is 29.4 Å². The SMILES string of the molecule is c1ccc(-c2ccc(N(c3ccccc3)c3ccc4sc5cc(N(c6cccc(N(c7ccccc7)c7ccc(-c8cccc9ccccc89)cc7)c6)c6ccc7oc8ccccc8c7c6)ccc5c4c3)cc2)cc1.c1ccc(N(c2ccc3sc4cc(N(c5cccc(N(c6ccccc6)c6cccc7c6oc6ccccc67)c5)c5cccc6c5oc5ccccc56)ccc4c3c2)c2cccc3ccccc23)cc1. The van der Waals surface area contributed by atoms with Crippen molar-refractivity contribution in [3.63, 3.8) is 0 Å². The largest absolute Gasteiger partial charge is 0.456 e. The summed E-state index contributed by atoms with van der Waals surface area (Å²) in [4.78, 5) is 14.1. The molecule has 0 fully saturated rings. The lowest BCUT2D eigenvalue weighted by Gasteiger charge is -2.29. The van der Waals surface area contributed by atoms with Gasteiger partial charge in [0.05, 0.1) is 17.1 Å². The molecule has 9 nitrogen and oxygen atoms in total. The van der Waals surface area contributed by atoms with Crippen LogP contribution >= 0.6 is 22.7 Å². The van der Waals surface area contributed by atoms with Crippen LogP contribution in [0, 0.1) is 0 Å². The third-order valence-corrected chi connectivity index (χ3v) is 30.3. The van der Waals surface area contributed by atoms with E-state index in [2.05, 4.69) is 533 Å². The minimum atomic E-state index is 0.830. The fourth-order valence-corrected chi connectivity index (χ4v) is 23.6. The molecule has 0 unspecified atom stereocenters. The Bertz CT molecular complexity index is 9760. The maximum Gasteiger partial charge on any atom is 0.159 e. The number of furan rings is 3. The van der Waals surface area contributed by atoms with Gasteiger partial charge in [-0.2, -0.15) is 0 Å². The lowest BCUT2D eigenvalue weighted by molar-refractivity contribution is 0.668. The Hall–Kier alpha value is -18.8. The monoisotopic (exact) mass is 1890 g/mol. The Kier molecular flexibility index (Phi) is 21.5. The van der Waals surface area contributed by atoms with Crippen LogP contribution in [0.4, 0.5) is 102 Å². The minimum Gasteiger partial charge on any atom is -0.456 e. The quantitative estimate of drug-likeness (QED) is 0.0743. The van der Waals surface area contributed by atoms with Crippen molar-refractivity contribution in [2.75, 3.05) is 29.4 Å². The molecule has 5 aromatic heterocycles. The van der Waals surface area contributed by atoms with Crippen molar-refractivity contribution in [2.24, 2.45) is 0 Å². The molecule has 0 aliphatic carbocycles. The van der Waals surface area contributed by atoms with Gasteiger partial charge in [0.25, 0.3) is 0 Å². The summed E-state index contributed by atoms with van der Waals surface area (Å²) in [5.74, 6) is 0. The molecule has 0 amide bonds. The normalized spacial score (nSPS) is 11.6. The van der Waals surface area contributed by atoms with E-state index in [1.807, 2.05) is 53.0 Å². The highest BCUT2D eigenvalue weighted by atomic mass is 32.1. The summed E-state index contributed by atoms with van der Waals surface area (Å²) in [6, 6.07) is 191. The van der Waals surface area contributed by atoms with Crippen molar-refractivity contribution in [1.29, 1.82) is 0 Å². The maximum atomic E-state index is 6.81. The molecule has 0 radical (unpaired) electrons. The molecular weight excluding hydrogens is 1810 g/mol. The van der Waals surface area contributed by atoms with Gasteiger partial charge in [-0.3, -0.25) is 0 Å². The van der Waals surface area contributed by atoms with Crippen molar-refractivity contribution in [3.05, 3.63) is 534 Å². The number of fused-ring (bicyclic) bond motifs is 17. The number of rotatable bonds is 20. The second-order valence-electron chi connectivity index (χ2n) is 36.6. The first-order valence-corrected chi connectivity index (χ1v) is 50.6. The highest BCUT2D eigenvalue weighted by Gasteiger charge is 2.28. The van der Waals surface area contributed by atoms with Crippen LogP contribution in [0.2, 0.25) is 0 Å². The zero-order valence-corrected chi connectivity index (χ0v) is 80.2. The smallest absolute Gasteiger partial charge is 0.159 e. The minimum absolute atomic E-state index is 0.830. The van der Waals surface area contributed by atoms with Crippen LogP contribution in [0.5, 0.6) is 0 Å². The first-order valence-electron chi connectivity index (χ1n) is 49.0. The molecule has 0 saturated heterocycles. The van der Waals surface area contributed by atoms with Gasteiger partial charge in [-0.1, -0.05) is 309 Å². The molecule has 0 saturated carbocycles. The van der Waals surface area contributed by atoms with Gasteiger partial charge in [-0.15, -0.1) is 22.7 Å². The fraction of sp³-hybridized carbons (Fsp3) is 0. The van der Waals surface area contributed by atoms with E-state index in [9.17, 15) is 0 Å². The van der Waals surface area contributed by atoms with E-state index in [1.165, 1.54) is 84.1 Å². The Morgan fingerprint density at radius 3 is 0.945 bits per heavy atom. The van der Waals surface area contributed by atoms with E-state index >= 15 is 0 Å². The van der Waals surface area contributed by atoms with Gasteiger partial charge in [0.15, 0.2) is 11.2 Å². The molecule has 28 aromatic rings. The van der Waals surface area contributed by atoms with E-state index in [0.717, 1.165) is 168 Å². The first kappa shape index (κ1) is 85.4. The Balaban J connectivity index is 0.000000144. The van der Waals surface area contributed by atoms with Crippen LogP contribution in [0.1, 0.15) is 0 Å². The van der Waals surface area contributed by atoms with Crippen molar-refractivity contribution in [1.82, 2.24) is 0 Å². The molecule has 23 aromatic carbocycles. The number of nitrogens with zero attached hydrogens (tertiary/aromatic N) is 6. The summed E-state index contributed by atoms with van der Waals surface area (Å²) >= 11 is 3.66. The van der Waals surface area contributed by atoms with E-state index in [1.54, 1.807) is 0 Å². The zero-order chi connectivity index (χ0) is 95.8. The molecule has 28 rings (SSSR count). The Morgan fingerprint density at radius 1 is 0.138 bits per heavy atom. The van der Waals surface area contributed by atoms with E-state index < -0.39 is 0 Å². The van der Waals surface area contributed by atoms with Crippen LogP contribution in [-0.4, -0.2) is 0 Å². The summed E-state index contributed by atoms with van der Waals surface area (Å²) in [7, 11) is 0.